The summed E-state index contributed by atoms with van der Waals surface area (Å²) in [6.45, 7) is -1.74. The minimum Gasteiger partial charge on any atom is -0.395 e. The summed E-state index contributed by atoms with van der Waals surface area (Å²) in [4.78, 5) is -0.782. The first-order valence-electron chi connectivity index (χ1n) is 5.41. The fourth-order valence-corrected chi connectivity index (χ4v) is 5.01. The van der Waals surface area contributed by atoms with E-state index >= 15 is 0 Å². The Morgan fingerprint density at radius 2 is 1.65 bits per heavy atom. The van der Waals surface area contributed by atoms with Crippen LogP contribution in [0.2, 0.25) is 8.67 Å². The molecule has 0 saturated carbocycles. The summed E-state index contributed by atoms with van der Waals surface area (Å²) in [7, 11) is -4.86. The third-order valence-electron chi connectivity index (χ3n) is 2.53. The number of aliphatic hydroxyl groups is 1. The molecular formula is C9H7Cl2F6NO3S2. The molecule has 1 unspecified atom stereocenters. The van der Waals surface area contributed by atoms with Gasteiger partial charge in [-0.15, -0.1) is 11.3 Å². The Bertz CT molecular complexity index is 643. The lowest BCUT2D eigenvalue weighted by molar-refractivity contribution is -0.292. The summed E-state index contributed by atoms with van der Waals surface area (Å²) < 4.78 is 100. The van der Waals surface area contributed by atoms with Crippen LogP contribution >= 0.6 is 34.5 Å². The van der Waals surface area contributed by atoms with Crippen LogP contribution in [0, 0.1) is 5.92 Å². The van der Waals surface area contributed by atoms with Gasteiger partial charge in [0, 0.05) is 0 Å². The highest BCUT2D eigenvalue weighted by Crippen LogP contribution is 2.42. The number of halogens is 8. The van der Waals surface area contributed by atoms with Crippen molar-refractivity contribution in [2.45, 2.75) is 23.3 Å². The number of hydrogen-bond donors (Lipinski definition) is 2. The van der Waals surface area contributed by atoms with Gasteiger partial charge in [-0.05, 0) is 6.07 Å². The third kappa shape index (κ3) is 5.10. The second-order valence-electron chi connectivity index (χ2n) is 4.16. The van der Waals surface area contributed by atoms with Gasteiger partial charge < -0.3 is 5.11 Å². The lowest BCUT2D eigenvalue weighted by Gasteiger charge is -2.29. The second-order valence-corrected chi connectivity index (χ2v) is 8.13. The monoisotopic (exact) mass is 425 g/mol. The lowest BCUT2D eigenvalue weighted by Crippen LogP contribution is -2.54. The molecule has 134 valence electrons. The van der Waals surface area contributed by atoms with Crippen LogP contribution < -0.4 is 4.72 Å². The topological polar surface area (TPSA) is 66.4 Å². The van der Waals surface area contributed by atoms with Gasteiger partial charge in [0.25, 0.3) is 0 Å². The first-order valence-corrected chi connectivity index (χ1v) is 8.47. The maximum atomic E-state index is 12.6. The average Bonchev–Trinajstić information content (AvgIpc) is 2.64. The van der Waals surface area contributed by atoms with Gasteiger partial charge in [-0.2, -0.15) is 26.3 Å². The summed E-state index contributed by atoms with van der Waals surface area (Å²) >= 11 is 11.6. The van der Waals surface area contributed by atoms with Crippen molar-refractivity contribution < 1.29 is 39.9 Å². The van der Waals surface area contributed by atoms with Crippen LogP contribution in [0.5, 0.6) is 0 Å². The quantitative estimate of drug-likeness (QED) is 0.710. The van der Waals surface area contributed by atoms with Crippen LogP contribution in [0.3, 0.4) is 0 Å². The van der Waals surface area contributed by atoms with E-state index in [-0.39, 0.29) is 4.34 Å². The smallest absolute Gasteiger partial charge is 0.395 e. The Balaban J connectivity index is 3.23. The first kappa shape index (κ1) is 20.8. The standard InChI is InChI=1S/C9H7Cl2F6NO3S2/c10-5-1-4(7(11)22-5)23(20,21)18-3(2-19)6(8(12,13)14)9(15,16)17/h1,3,6,18-19H,2H2. The number of thiophene rings is 1. The zero-order chi connectivity index (χ0) is 18.2. The molecule has 0 aliphatic heterocycles. The number of rotatable bonds is 5. The molecule has 0 aliphatic carbocycles. The van der Waals surface area contributed by atoms with E-state index in [1.165, 1.54) is 4.72 Å². The van der Waals surface area contributed by atoms with Crippen molar-refractivity contribution in [3.05, 3.63) is 14.7 Å². The van der Waals surface area contributed by atoms with Gasteiger partial charge in [-0.25, -0.2) is 13.1 Å². The number of hydrogen-bond acceptors (Lipinski definition) is 4. The molecule has 23 heavy (non-hydrogen) atoms. The van der Waals surface area contributed by atoms with E-state index in [1.54, 1.807) is 0 Å². The third-order valence-corrected chi connectivity index (χ3v) is 5.77. The highest BCUT2D eigenvalue weighted by Gasteiger charge is 2.60. The second kappa shape index (κ2) is 6.92. The Kier molecular flexibility index (Phi) is 6.25. The van der Waals surface area contributed by atoms with Crippen LogP contribution in [-0.2, 0) is 10.0 Å². The Labute approximate surface area is 140 Å². The van der Waals surface area contributed by atoms with E-state index in [4.69, 9.17) is 28.3 Å². The van der Waals surface area contributed by atoms with Crippen LogP contribution in [0.1, 0.15) is 0 Å². The van der Waals surface area contributed by atoms with Crippen molar-refractivity contribution in [1.29, 1.82) is 0 Å². The van der Waals surface area contributed by atoms with Gasteiger partial charge in [-0.1, -0.05) is 23.2 Å². The number of sulfonamides is 1. The van der Waals surface area contributed by atoms with Gasteiger partial charge >= 0.3 is 12.4 Å². The van der Waals surface area contributed by atoms with Gasteiger partial charge in [0.2, 0.25) is 10.0 Å². The van der Waals surface area contributed by atoms with Gasteiger partial charge in [0.15, 0.2) is 5.92 Å². The van der Waals surface area contributed by atoms with Crippen molar-refractivity contribution in [2.75, 3.05) is 6.61 Å². The highest BCUT2D eigenvalue weighted by atomic mass is 35.5. The maximum Gasteiger partial charge on any atom is 0.402 e. The number of nitrogens with one attached hydrogen (secondary N) is 1. The molecule has 0 radical (unpaired) electrons. The molecule has 14 heteroatoms. The molecule has 0 spiro atoms. The molecule has 2 N–H and O–H groups in total. The van der Waals surface area contributed by atoms with Crippen molar-refractivity contribution in [3.63, 3.8) is 0 Å². The average molecular weight is 426 g/mol. The molecule has 0 aromatic carbocycles. The normalized spacial score (nSPS) is 15.2. The van der Waals surface area contributed by atoms with Gasteiger partial charge in [0.1, 0.15) is 9.23 Å². The molecular weight excluding hydrogens is 419 g/mol. The van der Waals surface area contributed by atoms with Crippen molar-refractivity contribution >= 4 is 44.6 Å². The fourth-order valence-electron chi connectivity index (χ4n) is 1.62. The summed E-state index contributed by atoms with van der Waals surface area (Å²) in [5, 5.41) is 8.82. The predicted molar refractivity (Wildman–Crippen MR) is 71.1 cm³/mol. The van der Waals surface area contributed by atoms with Crippen molar-refractivity contribution in [2.24, 2.45) is 5.92 Å². The van der Waals surface area contributed by atoms with Crippen LogP contribution in [0.15, 0.2) is 11.0 Å². The molecule has 4 nitrogen and oxygen atoms in total. The largest absolute Gasteiger partial charge is 0.402 e. The Morgan fingerprint density at radius 1 is 1.17 bits per heavy atom. The minimum atomic E-state index is -5.83. The zero-order valence-corrected chi connectivity index (χ0v) is 13.7. The van der Waals surface area contributed by atoms with Crippen LogP contribution in [0.25, 0.3) is 0 Å². The summed E-state index contributed by atoms with van der Waals surface area (Å²) in [5.74, 6) is -4.09. The lowest BCUT2D eigenvalue weighted by atomic mass is 10.00. The molecule has 1 atom stereocenters. The Morgan fingerprint density at radius 3 is 1.96 bits per heavy atom. The van der Waals surface area contributed by atoms with E-state index in [0.717, 1.165) is 6.07 Å². The molecule has 0 saturated heterocycles. The molecule has 1 rings (SSSR count). The van der Waals surface area contributed by atoms with Gasteiger partial charge in [-0.3, -0.25) is 0 Å². The van der Waals surface area contributed by atoms with E-state index in [9.17, 15) is 34.8 Å². The number of alkyl halides is 6. The molecule has 0 bridgehead atoms. The Hall–Kier alpha value is -0.270. The summed E-state index contributed by atoms with van der Waals surface area (Å²) in [6, 6.07) is -2.11. The molecule has 1 heterocycles. The first-order chi connectivity index (χ1) is 10.2. The van der Waals surface area contributed by atoms with E-state index in [0.29, 0.717) is 11.3 Å². The van der Waals surface area contributed by atoms with E-state index in [2.05, 4.69) is 0 Å². The van der Waals surface area contributed by atoms with Crippen molar-refractivity contribution in [3.8, 4) is 0 Å². The predicted octanol–water partition coefficient (Wildman–Crippen LogP) is 3.43. The number of aliphatic hydroxyl groups excluding tert-OH is 1. The van der Waals surface area contributed by atoms with Crippen LogP contribution in [0.4, 0.5) is 26.3 Å². The zero-order valence-electron chi connectivity index (χ0n) is 10.5. The minimum absolute atomic E-state index is 0.140. The molecule has 0 aliphatic rings. The van der Waals surface area contributed by atoms with E-state index in [1.807, 2.05) is 0 Å². The molecule has 0 fully saturated rings. The van der Waals surface area contributed by atoms with Crippen molar-refractivity contribution in [1.82, 2.24) is 4.72 Å². The summed E-state index contributed by atoms with van der Waals surface area (Å²) in [6.07, 6.45) is -11.7. The SMILES string of the molecule is O=S(=O)(NC(CO)C(C(F)(F)F)C(F)(F)F)c1cc(Cl)sc1Cl. The van der Waals surface area contributed by atoms with E-state index < -0.39 is 50.2 Å². The maximum absolute atomic E-state index is 12.6. The fraction of sp³-hybridized carbons (Fsp3) is 0.556. The molecule has 1 aromatic rings. The summed E-state index contributed by atoms with van der Waals surface area (Å²) in [5.41, 5.74) is 0. The van der Waals surface area contributed by atoms with Crippen LogP contribution in [-0.4, -0.2) is 38.5 Å². The molecule has 1 aromatic heterocycles. The van der Waals surface area contributed by atoms with Gasteiger partial charge in [0.05, 0.1) is 17.0 Å². The molecule has 0 amide bonds. The highest BCUT2D eigenvalue weighted by molar-refractivity contribution is 7.89.